The lowest BCUT2D eigenvalue weighted by Gasteiger charge is -2.16. The summed E-state index contributed by atoms with van der Waals surface area (Å²) in [6, 6.07) is 7.78. The van der Waals surface area contributed by atoms with E-state index in [2.05, 4.69) is 0 Å². The van der Waals surface area contributed by atoms with Crippen molar-refractivity contribution in [1.29, 1.82) is 0 Å². The molecule has 1 aromatic rings. The second-order valence-corrected chi connectivity index (χ2v) is 3.54. The molecule has 0 amide bonds. The number of hydrogen-bond acceptors (Lipinski definition) is 3. The van der Waals surface area contributed by atoms with Gasteiger partial charge < -0.3 is 9.84 Å². The molecule has 0 bridgehead atoms. The Labute approximate surface area is 89.7 Å². The first-order valence-corrected chi connectivity index (χ1v) is 4.95. The summed E-state index contributed by atoms with van der Waals surface area (Å²) in [7, 11) is 0. The average molecular weight is 208 g/mol. The first kappa shape index (κ1) is 11.7. The predicted molar refractivity (Wildman–Crippen MR) is 57.6 cm³/mol. The number of carbonyl (C=O) groups is 1. The third kappa shape index (κ3) is 3.36. The van der Waals surface area contributed by atoms with Crippen LogP contribution < -0.4 is 0 Å². The van der Waals surface area contributed by atoms with Gasteiger partial charge in [0.2, 0.25) is 0 Å². The number of aryl methyl sites for hydroxylation is 1. The van der Waals surface area contributed by atoms with Crippen LogP contribution in [0.15, 0.2) is 24.3 Å². The monoisotopic (exact) mass is 208 g/mol. The SMILES string of the molecule is CC(=O)OC[C@@H](CO)c1ccccc1C. The van der Waals surface area contributed by atoms with E-state index in [1.54, 1.807) is 0 Å². The lowest BCUT2D eigenvalue weighted by atomic mass is 9.96. The van der Waals surface area contributed by atoms with Crippen LogP contribution in [-0.2, 0) is 9.53 Å². The van der Waals surface area contributed by atoms with Crippen molar-refractivity contribution in [2.24, 2.45) is 0 Å². The summed E-state index contributed by atoms with van der Waals surface area (Å²) in [6.07, 6.45) is 0. The Kier molecular flexibility index (Phi) is 4.31. The van der Waals surface area contributed by atoms with E-state index < -0.39 is 0 Å². The van der Waals surface area contributed by atoms with Crippen molar-refractivity contribution >= 4 is 5.97 Å². The van der Waals surface area contributed by atoms with Crippen LogP contribution in [0.5, 0.6) is 0 Å². The topological polar surface area (TPSA) is 46.5 Å². The minimum atomic E-state index is -0.318. The van der Waals surface area contributed by atoms with Crippen LogP contribution in [-0.4, -0.2) is 24.3 Å². The second kappa shape index (κ2) is 5.51. The number of carbonyl (C=O) groups excluding carboxylic acids is 1. The molecule has 0 saturated carbocycles. The maximum Gasteiger partial charge on any atom is 0.302 e. The molecule has 1 aromatic carbocycles. The van der Waals surface area contributed by atoms with E-state index in [-0.39, 0.29) is 25.1 Å². The van der Waals surface area contributed by atoms with E-state index in [1.807, 2.05) is 31.2 Å². The molecule has 0 spiro atoms. The Morgan fingerprint density at radius 1 is 1.47 bits per heavy atom. The standard InChI is InChI=1S/C12H16O3/c1-9-5-3-4-6-12(9)11(7-13)8-15-10(2)14/h3-6,11,13H,7-8H2,1-2H3/t11-/m1/s1. The highest BCUT2D eigenvalue weighted by molar-refractivity contribution is 5.65. The van der Waals surface area contributed by atoms with Crippen LogP contribution in [0.1, 0.15) is 24.0 Å². The fourth-order valence-electron chi connectivity index (χ4n) is 1.50. The van der Waals surface area contributed by atoms with Crippen LogP contribution in [0, 0.1) is 6.92 Å². The van der Waals surface area contributed by atoms with Crippen molar-refractivity contribution < 1.29 is 14.6 Å². The minimum Gasteiger partial charge on any atom is -0.465 e. The third-order valence-corrected chi connectivity index (χ3v) is 2.34. The smallest absolute Gasteiger partial charge is 0.302 e. The van der Waals surface area contributed by atoms with Crippen molar-refractivity contribution in [1.82, 2.24) is 0 Å². The molecule has 1 rings (SSSR count). The van der Waals surface area contributed by atoms with Gasteiger partial charge in [0.1, 0.15) is 6.61 Å². The summed E-state index contributed by atoms with van der Waals surface area (Å²) in [5.41, 5.74) is 2.13. The number of esters is 1. The van der Waals surface area contributed by atoms with Gasteiger partial charge in [-0.15, -0.1) is 0 Å². The highest BCUT2D eigenvalue weighted by atomic mass is 16.5. The van der Waals surface area contributed by atoms with E-state index in [1.165, 1.54) is 6.92 Å². The zero-order valence-electron chi connectivity index (χ0n) is 9.06. The van der Waals surface area contributed by atoms with E-state index in [0.717, 1.165) is 11.1 Å². The first-order chi connectivity index (χ1) is 7.15. The van der Waals surface area contributed by atoms with Gasteiger partial charge in [0, 0.05) is 12.8 Å². The van der Waals surface area contributed by atoms with E-state index >= 15 is 0 Å². The molecule has 0 aliphatic heterocycles. The number of ether oxygens (including phenoxy) is 1. The molecule has 82 valence electrons. The van der Waals surface area contributed by atoms with Crippen molar-refractivity contribution in [3.05, 3.63) is 35.4 Å². The van der Waals surface area contributed by atoms with E-state index in [0.29, 0.717) is 0 Å². The molecule has 0 heterocycles. The van der Waals surface area contributed by atoms with Crippen molar-refractivity contribution in [2.75, 3.05) is 13.2 Å². The van der Waals surface area contributed by atoms with Gasteiger partial charge in [-0.05, 0) is 18.1 Å². The van der Waals surface area contributed by atoms with E-state index in [4.69, 9.17) is 4.74 Å². The Bertz CT molecular complexity index is 333. The number of benzene rings is 1. The Balaban J connectivity index is 2.74. The molecule has 0 unspecified atom stereocenters. The molecular weight excluding hydrogens is 192 g/mol. The highest BCUT2D eigenvalue weighted by Gasteiger charge is 2.13. The normalized spacial score (nSPS) is 12.2. The molecule has 1 N–H and O–H groups in total. The molecule has 3 heteroatoms. The predicted octanol–water partition coefficient (Wildman–Crippen LogP) is 1.63. The molecule has 0 saturated heterocycles. The molecule has 0 aliphatic carbocycles. The average Bonchev–Trinajstić information content (AvgIpc) is 2.21. The van der Waals surface area contributed by atoms with Crippen LogP contribution in [0.4, 0.5) is 0 Å². The lowest BCUT2D eigenvalue weighted by Crippen LogP contribution is -2.15. The first-order valence-electron chi connectivity index (χ1n) is 4.95. The Hall–Kier alpha value is -1.35. The van der Waals surface area contributed by atoms with Gasteiger partial charge in [0.25, 0.3) is 0 Å². The fraction of sp³-hybridized carbons (Fsp3) is 0.417. The van der Waals surface area contributed by atoms with Crippen molar-refractivity contribution in [2.45, 2.75) is 19.8 Å². The van der Waals surface area contributed by atoms with Gasteiger partial charge in [0.05, 0.1) is 6.61 Å². The molecule has 3 nitrogen and oxygen atoms in total. The molecule has 1 atom stereocenters. The van der Waals surface area contributed by atoms with Gasteiger partial charge in [-0.25, -0.2) is 0 Å². The molecule has 0 aliphatic rings. The van der Waals surface area contributed by atoms with Crippen molar-refractivity contribution in [3.8, 4) is 0 Å². The van der Waals surface area contributed by atoms with Gasteiger partial charge in [-0.1, -0.05) is 24.3 Å². The largest absolute Gasteiger partial charge is 0.465 e. The summed E-state index contributed by atoms with van der Waals surface area (Å²) in [5, 5.41) is 9.23. The third-order valence-electron chi connectivity index (χ3n) is 2.34. The lowest BCUT2D eigenvalue weighted by molar-refractivity contribution is -0.141. The zero-order chi connectivity index (χ0) is 11.3. The summed E-state index contributed by atoms with van der Waals surface area (Å²) in [6.45, 7) is 3.56. The number of aliphatic hydroxyl groups excluding tert-OH is 1. The molecule has 0 radical (unpaired) electrons. The highest BCUT2D eigenvalue weighted by Crippen LogP contribution is 2.19. The second-order valence-electron chi connectivity index (χ2n) is 3.54. The van der Waals surface area contributed by atoms with Gasteiger partial charge >= 0.3 is 5.97 Å². The van der Waals surface area contributed by atoms with E-state index in [9.17, 15) is 9.90 Å². The van der Waals surface area contributed by atoms with Gasteiger partial charge in [-0.2, -0.15) is 0 Å². The van der Waals surface area contributed by atoms with Crippen molar-refractivity contribution in [3.63, 3.8) is 0 Å². The van der Waals surface area contributed by atoms with Crippen LogP contribution in [0.2, 0.25) is 0 Å². The Morgan fingerprint density at radius 2 is 2.13 bits per heavy atom. The molecule has 0 fully saturated rings. The number of rotatable bonds is 4. The van der Waals surface area contributed by atoms with Crippen LogP contribution in [0.25, 0.3) is 0 Å². The fourth-order valence-corrected chi connectivity index (χ4v) is 1.50. The quantitative estimate of drug-likeness (QED) is 0.765. The summed E-state index contributed by atoms with van der Waals surface area (Å²) in [5.74, 6) is -0.447. The molecule has 15 heavy (non-hydrogen) atoms. The number of hydrogen-bond donors (Lipinski definition) is 1. The maximum absolute atomic E-state index is 10.7. The maximum atomic E-state index is 10.7. The summed E-state index contributed by atoms with van der Waals surface area (Å²) >= 11 is 0. The number of aliphatic hydroxyl groups is 1. The molecular formula is C12H16O3. The van der Waals surface area contributed by atoms with Gasteiger partial charge in [0.15, 0.2) is 0 Å². The molecule has 0 aromatic heterocycles. The summed E-state index contributed by atoms with van der Waals surface area (Å²) in [4.78, 5) is 10.7. The van der Waals surface area contributed by atoms with Crippen LogP contribution >= 0.6 is 0 Å². The van der Waals surface area contributed by atoms with Gasteiger partial charge in [-0.3, -0.25) is 4.79 Å². The Morgan fingerprint density at radius 3 is 2.67 bits per heavy atom. The summed E-state index contributed by atoms with van der Waals surface area (Å²) < 4.78 is 4.91. The van der Waals surface area contributed by atoms with Crippen LogP contribution in [0.3, 0.4) is 0 Å². The zero-order valence-corrected chi connectivity index (χ0v) is 9.06. The minimum absolute atomic E-state index is 0.0157.